The summed E-state index contributed by atoms with van der Waals surface area (Å²) in [5.74, 6) is 1.50. The van der Waals surface area contributed by atoms with Crippen LogP contribution in [0.15, 0.2) is 12.1 Å². The van der Waals surface area contributed by atoms with Gasteiger partial charge in [0.2, 0.25) is 0 Å². The lowest BCUT2D eigenvalue weighted by molar-refractivity contribution is 0.0945. The average molecular weight is 324 g/mol. The smallest absolute Gasteiger partial charge is 0.167 e. The van der Waals surface area contributed by atoms with Gasteiger partial charge in [0.15, 0.2) is 5.78 Å². The maximum absolute atomic E-state index is 12.6. The summed E-state index contributed by atoms with van der Waals surface area (Å²) in [5.41, 5.74) is 1.55. The van der Waals surface area contributed by atoms with E-state index in [0.29, 0.717) is 29.4 Å². The molecule has 0 aliphatic carbocycles. The molecule has 1 saturated heterocycles. The van der Waals surface area contributed by atoms with Gasteiger partial charge < -0.3 is 9.64 Å². The number of carbonyl (C=O) groups is 1. The number of carbonyl (C=O) groups excluding carboxylic acids is 1. The third-order valence-corrected chi connectivity index (χ3v) is 4.66. The molecule has 2 rings (SSSR count). The lowest BCUT2D eigenvalue weighted by Crippen LogP contribution is -2.35. The minimum absolute atomic E-state index is 0.114. The van der Waals surface area contributed by atoms with Gasteiger partial charge in [0.05, 0.1) is 12.2 Å². The van der Waals surface area contributed by atoms with Gasteiger partial charge in [-0.1, -0.05) is 18.5 Å². The molecule has 122 valence electrons. The molecule has 4 heteroatoms. The molecule has 1 aliphatic rings. The Balaban J connectivity index is 2.03. The molecule has 0 amide bonds. The number of piperidine rings is 1. The van der Waals surface area contributed by atoms with Gasteiger partial charge in [0.1, 0.15) is 5.75 Å². The van der Waals surface area contributed by atoms with Crippen molar-refractivity contribution >= 4 is 17.4 Å². The van der Waals surface area contributed by atoms with E-state index in [-0.39, 0.29) is 5.78 Å². The zero-order valence-corrected chi connectivity index (χ0v) is 14.6. The SMILES string of the molecule is CCOc1cc(C)c(Cl)cc1C(=O)CCN1CCCC(C)C1. The van der Waals surface area contributed by atoms with Gasteiger partial charge >= 0.3 is 0 Å². The molecule has 1 unspecified atom stereocenters. The van der Waals surface area contributed by atoms with E-state index in [1.54, 1.807) is 6.07 Å². The molecule has 22 heavy (non-hydrogen) atoms. The minimum Gasteiger partial charge on any atom is -0.493 e. The minimum atomic E-state index is 0.114. The number of nitrogens with zero attached hydrogens (tertiary/aromatic N) is 1. The van der Waals surface area contributed by atoms with E-state index >= 15 is 0 Å². The monoisotopic (exact) mass is 323 g/mol. The highest BCUT2D eigenvalue weighted by molar-refractivity contribution is 6.31. The second-order valence-electron chi connectivity index (χ2n) is 6.25. The zero-order valence-electron chi connectivity index (χ0n) is 13.8. The highest BCUT2D eigenvalue weighted by Gasteiger charge is 2.19. The number of ketones is 1. The Kier molecular flexibility index (Phi) is 6.27. The summed E-state index contributed by atoms with van der Waals surface area (Å²) < 4.78 is 5.61. The number of likely N-dealkylation sites (tertiary alicyclic amines) is 1. The lowest BCUT2D eigenvalue weighted by Gasteiger charge is -2.30. The lowest BCUT2D eigenvalue weighted by atomic mass is 9.99. The number of Topliss-reactive ketones (excluding diaryl/α,β-unsaturated/α-hetero) is 1. The Labute approximate surface area is 138 Å². The summed E-state index contributed by atoms with van der Waals surface area (Å²) in [6, 6.07) is 3.62. The van der Waals surface area contributed by atoms with Crippen molar-refractivity contribution in [3.63, 3.8) is 0 Å². The van der Waals surface area contributed by atoms with E-state index in [0.717, 1.165) is 31.1 Å². The van der Waals surface area contributed by atoms with Crippen molar-refractivity contribution in [3.05, 3.63) is 28.3 Å². The van der Waals surface area contributed by atoms with Crippen molar-refractivity contribution in [2.24, 2.45) is 5.92 Å². The first-order valence-corrected chi connectivity index (χ1v) is 8.57. The molecule has 0 spiro atoms. The molecule has 0 aromatic heterocycles. The number of rotatable bonds is 6. The van der Waals surface area contributed by atoms with E-state index < -0.39 is 0 Å². The molecule has 1 atom stereocenters. The van der Waals surface area contributed by atoms with Crippen LogP contribution in [-0.2, 0) is 0 Å². The standard InChI is InChI=1S/C18H26ClNO2/c1-4-22-18-10-14(3)16(19)11-15(18)17(21)7-9-20-8-5-6-13(2)12-20/h10-11,13H,4-9,12H2,1-3H3. The van der Waals surface area contributed by atoms with Crippen LogP contribution < -0.4 is 4.74 Å². The van der Waals surface area contributed by atoms with Gasteiger partial charge in [-0.3, -0.25) is 4.79 Å². The molecule has 0 radical (unpaired) electrons. The van der Waals surface area contributed by atoms with E-state index in [1.165, 1.54) is 12.8 Å². The fourth-order valence-corrected chi connectivity index (χ4v) is 3.20. The molecule has 0 saturated carbocycles. The maximum Gasteiger partial charge on any atom is 0.167 e. The van der Waals surface area contributed by atoms with Gasteiger partial charge in [-0.25, -0.2) is 0 Å². The number of aryl methyl sites for hydroxylation is 1. The van der Waals surface area contributed by atoms with Crippen molar-refractivity contribution in [3.8, 4) is 5.75 Å². The van der Waals surface area contributed by atoms with Gasteiger partial charge in [0, 0.05) is 24.5 Å². The van der Waals surface area contributed by atoms with Crippen LogP contribution in [0, 0.1) is 12.8 Å². The van der Waals surface area contributed by atoms with Gasteiger partial charge in [0.25, 0.3) is 0 Å². The van der Waals surface area contributed by atoms with Gasteiger partial charge in [-0.15, -0.1) is 0 Å². The molecule has 1 aliphatic heterocycles. The highest BCUT2D eigenvalue weighted by Crippen LogP contribution is 2.28. The van der Waals surface area contributed by atoms with Crippen molar-refractivity contribution < 1.29 is 9.53 Å². The predicted molar refractivity (Wildman–Crippen MR) is 91.1 cm³/mol. The number of hydrogen-bond acceptors (Lipinski definition) is 3. The van der Waals surface area contributed by atoms with Crippen molar-refractivity contribution in [2.75, 3.05) is 26.2 Å². The highest BCUT2D eigenvalue weighted by atomic mass is 35.5. The molecule has 1 heterocycles. The molecule has 3 nitrogen and oxygen atoms in total. The van der Waals surface area contributed by atoms with Crippen LogP contribution in [0.4, 0.5) is 0 Å². The van der Waals surface area contributed by atoms with E-state index in [1.807, 2.05) is 19.9 Å². The fraction of sp³-hybridized carbons (Fsp3) is 0.611. The van der Waals surface area contributed by atoms with Crippen molar-refractivity contribution in [2.45, 2.75) is 40.0 Å². The zero-order chi connectivity index (χ0) is 16.1. The molecule has 1 aromatic rings. The fourth-order valence-electron chi connectivity index (χ4n) is 3.03. The third kappa shape index (κ3) is 4.47. The number of hydrogen-bond donors (Lipinski definition) is 0. The first-order valence-electron chi connectivity index (χ1n) is 8.19. The second kappa shape index (κ2) is 7.98. The number of benzene rings is 1. The Morgan fingerprint density at radius 2 is 2.23 bits per heavy atom. The largest absolute Gasteiger partial charge is 0.493 e. The second-order valence-corrected chi connectivity index (χ2v) is 6.66. The topological polar surface area (TPSA) is 29.5 Å². The average Bonchev–Trinajstić information content (AvgIpc) is 2.48. The third-order valence-electron chi connectivity index (χ3n) is 4.26. The van der Waals surface area contributed by atoms with Crippen LogP contribution in [0.1, 0.15) is 49.0 Å². The van der Waals surface area contributed by atoms with E-state index in [9.17, 15) is 4.79 Å². The van der Waals surface area contributed by atoms with Crippen LogP contribution in [0.5, 0.6) is 5.75 Å². The number of ether oxygens (including phenoxy) is 1. The summed E-state index contributed by atoms with van der Waals surface area (Å²) in [7, 11) is 0. The maximum atomic E-state index is 12.6. The predicted octanol–water partition coefficient (Wildman–Crippen LogP) is 4.35. The van der Waals surface area contributed by atoms with Crippen molar-refractivity contribution in [1.29, 1.82) is 0 Å². The summed E-state index contributed by atoms with van der Waals surface area (Å²) in [4.78, 5) is 15.0. The normalized spacial score (nSPS) is 19.2. The first kappa shape index (κ1) is 17.3. The van der Waals surface area contributed by atoms with E-state index in [2.05, 4.69) is 11.8 Å². The first-order chi connectivity index (χ1) is 10.5. The van der Waals surface area contributed by atoms with Crippen LogP contribution >= 0.6 is 11.6 Å². The molecule has 0 bridgehead atoms. The molecular formula is C18H26ClNO2. The Bertz CT molecular complexity index is 530. The van der Waals surface area contributed by atoms with Crippen LogP contribution in [0.3, 0.4) is 0 Å². The summed E-state index contributed by atoms with van der Waals surface area (Å²) >= 11 is 6.18. The Hall–Kier alpha value is -1.06. The Morgan fingerprint density at radius 3 is 2.91 bits per heavy atom. The van der Waals surface area contributed by atoms with Crippen LogP contribution in [0.25, 0.3) is 0 Å². The molecule has 1 aromatic carbocycles. The number of halogens is 1. The van der Waals surface area contributed by atoms with Gasteiger partial charge in [-0.2, -0.15) is 0 Å². The van der Waals surface area contributed by atoms with Crippen molar-refractivity contribution in [1.82, 2.24) is 4.90 Å². The van der Waals surface area contributed by atoms with Crippen LogP contribution in [0.2, 0.25) is 5.02 Å². The molecule has 1 fully saturated rings. The summed E-state index contributed by atoms with van der Waals surface area (Å²) in [6.45, 7) is 9.69. The summed E-state index contributed by atoms with van der Waals surface area (Å²) in [5, 5.41) is 0.624. The van der Waals surface area contributed by atoms with Gasteiger partial charge in [-0.05, 0) is 56.8 Å². The van der Waals surface area contributed by atoms with Crippen LogP contribution in [-0.4, -0.2) is 36.9 Å². The quantitative estimate of drug-likeness (QED) is 0.729. The Morgan fingerprint density at radius 1 is 1.45 bits per heavy atom. The van der Waals surface area contributed by atoms with E-state index in [4.69, 9.17) is 16.3 Å². The molecule has 0 N–H and O–H groups in total. The molecular weight excluding hydrogens is 298 g/mol. The summed E-state index contributed by atoms with van der Waals surface area (Å²) in [6.07, 6.45) is 3.05.